The van der Waals surface area contributed by atoms with Crippen molar-refractivity contribution < 1.29 is 68.3 Å². The number of phenols is 3. The van der Waals surface area contributed by atoms with Crippen LogP contribution in [-0.4, -0.2) is 90.3 Å². The second-order valence-electron chi connectivity index (χ2n) is 13.4. The number of phenolic OH excluding ortho intramolecular Hbond substituents is 3. The van der Waals surface area contributed by atoms with Crippen LogP contribution in [0.15, 0.2) is 66.7 Å². The van der Waals surface area contributed by atoms with Gasteiger partial charge in [0.25, 0.3) is 0 Å². The number of benzene rings is 4. The maximum Gasteiger partial charge on any atom is 0.338 e. The van der Waals surface area contributed by atoms with Gasteiger partial charge in [-0.1, -0.05) is 18.2 Å². The highest BCUT2D eigenvalue weighted by molar-refractivity contribution is 5.83. The Morgan fingerprint density at radius 2 is 0.981 bits per heavy atom. The van der Waals surface area contributed by atoms with Crippen molar-refractivity contribution in [2.24, 2.45) is 11.8 Å². The van der Waals surface area contributed by atoms with Crippen LogP contribution in [0.1, 0.15) is 22.3 Å². The Morgan fingerprint density at radius 3 is 1.48 bits per heavy atom. The van der Waals surface area contributed by atoms with Crippen LogP contribution in [0.3, 0.4) is 0 Å². The molecule has 2 aliphatic rings. The standard InChI is InChI=1S/C40H42O14/c1-48-31-14-23(5-8-28(31)41)18-39(46)26(20-52-37(39)44)11-22-7-10-30(33(13-22)50-3)54-35-17-25(16-34(51-4)36(35)43)12-27-21-53-38(45)40(27,47)19-24-6-9-29(42)32(15-24)49-2/h5-10,13-17,26-27,41-43,46-47H,11-12,18-21H2,1-4H3/t26-,27+,39+,40+/m0/s1. The molecular formula is C40H42O14. The lowest BCUT2D eigenvalue weighted by molar-refractivity contribution is -0.154. The van der Waals surface area contributed by atoms with Gasteiger partial charge in [0.1, 0.15) is 0 Å². The zero-order valence-electron chi connectivity index (χ0n) is 30.2. The maximum atomic E-state index is 12.9. The largest absolute Gasteiger partial charge is 0.504 e. The van der Waals surface area contributed by atoms with Gasteiger partial charge >= 0.3 is 11.9 Å². The number of ether oxygens (including phenoxy) is 7. The van der Waals surface area contributed by atoms with Crippen LogP contribution >= 0.6 is 0 Å². The monoisotopic (exact) mass is 746 g/mol. The summed E-state index contributed by atoms with van der Waals surface area (Å²) in [6.07, 6.45) is 0.222. The van der Waals surface area contributed by atoms with Crippen molar-refractivity contribution >= 4 is 11.9 Å². The molecule has 5 N–H and O–H groups in total. The molecule has 14 heteroatoms. The summed E-state index contributed by atoms with van der Waals surface area (Å²) in [7, 11) is 5.63. The smallest absolute Gasteiger partial charge is 0.338 e. The summed E-state index contributed by atoms with van der Waals surface area (Å²) in [6, 6.07) is 17.3. The Hall–Kier alpha value is -5.86. The van der Waals surface area contributed by atoms with E-state index >= 15 is 0 Å². The summed E-state index contributed by atoms with van der Waals surface area (Å²) in [6.45, 7) is -0.0728. The minimum absolute atomic E-state index is 0.0124. The molecule has 4 aromatic rings. The van der Waals surface area contributed by atoms with Crippen molar-refractivity contribution in [3.63, 3.8) is 0 Å². The molecule has 4 atom stereocenters. The molecule has 0 aliphatic carbocycles. The Bertz CT molecular complexity index is 2050. The summed E-state index contributed by atoms with van der Waals surface area (Å²) in [5, 5.41) is 54.2. The highest BCUT2D eigenvalue weighted by Crippen LogP contribution is 2.45. The van der Waals surface area contributed by atoms with Crippen molar-refractivity contribution in [2.75, 3.05) is 41.7 Å². The van der Waals surface area contributed by atoms with E-state index in [1.54, 1.807) is 54.6 Å². The van der Waals surface area contributed by atoms with E-state index in [2.05, 4.69) is 0 Å². The quantitative estimate of drug-likeness (QED) is 0.116. The van der Waals surface area contributed by atoms with Gasteiger partial charge in [-0.3, -0.25) is 0 Å². The molecule has 0 saturated carbocycles. The zero-order chi connectivity index (χ0) is 38.8. The molecule has 2 heterocycles. The lowest BCUT2D eigenvalue weighted by Gasteiger charge is -2.26. The molecule has 2 aliphatic heterocycles. The van der Waals surface area contributed by atoms with Crippen LogP contribution in [0.5, 0.6) is 51.7 Å². The number of hydrogen-bond donors (Lipinski definition) is 5. The fraction of sp³-hybridized carbons (Fsp3) is 0.350. The fourth-order valence-electron chi connectivity index (χ4n) is 6.99. The van der Waals surface area contributed by atoms with Gasteiger partial charge in [-0.2, -0.15) is 0 Å². The lowest BCUT2D eigenvalue weighted by atomic mass is 9.80. The SMILES string of the molecule is COc1cc(C[C@]2(O)C(=O)OC[C@@H]2Cc2ccc(Oc3cc(C[C@@H]4COC(=O)[C@@]4(O)Cc4ccc(O)c(OC)c4)cc(OC)c3O)c(OC)c2)ccc1O. The second-order valence-corrected chi connectivity index (χ2v) is 13.4. The van der Waals surface area contributed by atoms with Crippen molar-refractivity contribution in [2.45, 2.75) is 36.9 Å². The maximum absolute atomic E-state index is 12.9. The number of hydrogen-bond acceptors (Lipinski definition) is 14. The molecular weight excluding hydrogens is 704 g/mol. The normalized spacial score (nSPS) is 22.0. The summed E-state index contributed by atoms with van der Waals surface area (Å²) >= 11 is 0. The summed E-state index contributed by atoms with van der Waals surface area (Å²) in [5.74, 6) is -2.24. The highest BCUT2D eigenvalue weighted by atomic mass is 16.6. The van der Waals surface area contributed by atoms with Crippen LogP contribution in [-0.2, 0) is 44.7 Å². The highest BCUT2D eigenvalue weighted by Gasteiger charge is 2.52. The van der Waals surface area contributed by atoms with E-state index in [1.807, 2.05) is 0 Å². The predicted molar refractivity (Wildman–Crippen MR) is 191 cm³/mol. The first-order valence-corrected chi connectivity index (χ1v) is 17.1. The zero-order valence-corrected chi connectivity index (χ0v) is 30.2. The van der Waals surface area contributed by atoms with Gasteiger partial charge in [0, 0.05) is 24.7 Å². The average Bonchev–Trinajstić information content (AvgIpc) is 3.59. The molecule has 0 aromatic heterocycles. The summed E-state index contributed by atoms with van der Waals surface area (Å²) < 4.78 is 38.2. The molecule has 54 heavy (non-hydrogen) atoms. The Labute approximate surface area is 311 Å². The Morgan fingerprint density at radius 1 is 0.556 bits per heavy atom. The van der Waals surface area contributed by atoms with Gasteiger partial charge < -0.3 is 58.7 Å². The van der Waals surface area contributed by atoms with Gasteiger partial charge in [-0.25, -0.2) is 9.59 Å². The molecule has 0 unspecified atom stereocenters. The van der Waals surface area contributed by atoms with Crippen LogP contribution in [0.2, 0.25) is 0 Å². The molecule has 286 valence electrons. The van der Waals surface area contributed by atoms with E-state index in [0.717, 1.165) is 0 Å². The summed E-state index contributed by atoms with van der Waals surface area (Å²) in [4.78, 5) is 25.7. The Kier molecular flexibility index (Phi) is 10.7. The van der Waals surface area contributed by atoms with Gasteiger partial charge in [-0.05, 0) is 83.6 Å². The average molecular weight is 747 g/mol. The number of aromatic hydroxyl groups is 3. The van der Waals surface area contributed by atoms with E-state index in [-0.39, 0.29) is 84.9 Å². The lowest BCUT2D eigenvalue weighted by Crippen LogP contribution is -2.44. The second kappa shape index (κ2) is 15.2. The van der Waals surface area contributed by atoms with Crippen molar-refractivity contribution in [1.29, 1.82) is 0 Å². The van der Waals surface area contributed by atoms with Crippen LogP contribution < -0.4 is 23.7 Å². The van der Waals surface area contributed by atoms with Crippen molar-refractivity contribution in [1.82, 2.24) is 0 Å². The topological polar surface area (TPSA) is 200 Å². The number of methoxy groups -OCH3 is 4. The van der Waals surface area contributed by atoms with Gasteiger partial charge in [0.15, 0.2) is 57.2 Å². The van der Waals surface area contributed by atoms with E-state index in [1.165, 1.54) is 40.6 Å². The first kappa shape index (κ1) is 37.9. The molecule has 2 saturated heterocycles. The molecule has 6 rings (SSSR count). The third kappa shape index (κ3) is 7.34. The van der Waals surface area contributed by atoms with E-state index in [9.17, 15) is 35.1 Å². The van der Waals surface area contributed by atoms with Crippen LogP contribution in [0.4, 0.5) is 0 Å². The number of carbonyl (C=O) groups excluding carboxylic acids is 2. The third-order valence-corrected chi connectivity index (χ3v) is 10.1. The minimum Gasteiger partial charge on any atom is -0.504 e. The van der Waals surface area contributed by atoms with E-state index in [4.69, 9.17) is 33.2 Å². The molecule has 2 fully saturated rings. The molecule has 0 radical (unpaired) electrons. The fourth-order valence-corrected chi connectivity index (χ4v) is 6.99. The molecule has 0 spiro atoms. The van der Waals surface area contributed by atoms with Gasteiger partial charge in [0.2, 0.25) is 5.75 Å². The van der Waals surface area contributed by atoms with E-state index < -0.39 is 35.0 Å². The first-order valence-electron chi connectivity index (χ1n) is 17.1. The third-order valence-electron chi connectivity index (χ3n) is 10.1. The van der Waals surface area contributed by atoms with Crippen LogP contribution in [0.25, 0.3) is 0 Å². The number of esters is 2. The minimum atomic E-state index is -1.90. The molecule has 4 aromatic carbocycles. The first-order chi connectivity index (χ1) is 25.8. The van der Waals surface area contributed by atoms with Crippen LogP contribution in [0, 0.1) is 11.8 Å². The van der Waals surface area contributed by atoms with Gasteiger partial charge in [0.05, 0.1) is 41.7 Å². The molecule has 0 bridgehead atoms. The number of cyclic esters (lactones) is 2. The Balaban J connectivity index is 1.21. The van der Waals surface area contributed by atoms with Gasteiger partial charge in [-0.15, -0.1) is 0 Å². The molecule has 14 nitrogen and oxygen atoms in total. The number of carbonyl (C=O) groups is 2. The molecule has 0 amide bonds. The predicted octanol–water partition coefficient (Wildman–Crippen LogP) is 4.01. The van der Waals surface area contributed by atoms with E-state index in [0.29, 0.717) is 28.0 Å². The number of rotatable bonds is 14. The van der Waals surface area contributed by atoms with Crippen molar-refractivity contribution in [3.05, 3.63) is 89.0 Å². The summed E-state index contributed by atoms with van der Waals surface area (Å²) in [5.41, 5.74) is -1.35. The van der Waals surface area contributed by atoms with Crippen molar-refractivity contribution in [3.8, 4) is 51.7 Å². The number of aliphatic hydroxyl groups is 2.